The van der Waals surface area contributed by atoms with Gasteiger partial charge < -0.3 is 11.2 Å². The molecule has 0 fully saturated rings. The summed E-state index contributed by atoms with van der Waals surface area (Å²) < 4.78 is 0. The van der Waals surface area contributed by atoms with E-state index < -0.39 is 0 Å². The van der Waals surface area contributed by atoms with E-state index in [1.165, 1.54) is 5.56 Å². The fraction of sp³-hybridized carbons (Fsp3) is 0.364. The summed E-state index contributed by atoms with van der Waals surface area (Å²) in [5.41, 5.74) is 11.0. The molecule has 0 spiro atoms. The Morgan fingerprint density at radius 3 is 2.80 bits per heavy atom. The highest BCUT2D eigenvalue weighted by molar-refractivity contribution is 6.30. The van der Waals surface area contributed by atoms with Crippen LogP contribution in [0.25, 0.3) is 0 Å². The molecule has 1 unspecified atom stereocenters. The van der Waals surface area contributed by atoms with Gasteiger partial charge in [-0.05, 0) is 30.7 Å². The van der Waals surface area contributed by atoms with E-state index in [2.05, 4.69) is 10.5 Å². The third-order valence-electron chi connectivity index (χ3n) is 2.52. The molecule has 0 saturated carbocycles. The molecular formula is C11H14ClN3. The van der Waals surface area contributed by atoms with Crippen LogP contribution in [0.5, 0.6) is 0 Å². The maximum atomic E-state index is 5.83. The van der Waals surface area contributed by atoms with Gasteiger partial charge in [-0.25, -0.2) is 0 Å². The number of nitrogens with two attached hydrogens (primary N) is 1. The van der Waals surface area contributed by atoms with Crippen molar-refractivity contribution in [3.63, 3.8) is 0 Å². The minimum atomic E-state index is 0.281. The van der Waals surface area contributed by atoms with Crippen LogP contribution in [-0.4, -0.2) is 12.3 Å². The Kier molecular flexibility index (Phi) is 3.23. The zero-order valence-corrected chi connectivity index (χ0v) is 9.17. The molecule has 3 N–H and O–H groups in total. The number of hydrazone groups is 1. The zero-order valence-electron chi connectivity index (χ0n) is 8.41. The lowest BCUT2D eigenvalue weighted by Crippen LogP contribution is -2.10. The van der Waals surface area contributed by atoms with E-state index >= 15 is 0 Å². The molecule has 0 aromatic heterocycles. The average Bonchev–Trinajstić information content (AvgIpc) is 2.68. The van der Waals surface area contributed by atoms with Gasteiger partial charge in [0.1, 0.15) is 0 Å². The molecule has 80 valence electrons. The van der Waals surface area contributed by atoms with E-state index in [4.69, 9.17) is 17.3 Å². The van der Waals surface area contributed by atoms with Crippen molar-refractivity contribution < 1.29 is 0 Å². The fourth-order valence-corrected chi connectivity index (χ4v) is 1.83. The second-order valence-electron chi connectivity index (χ2n) is 3.65. The Morgan fingerprint density at radius 2 is 2.13 bits per heavy atom. The van der Waals surface area contributed by atoms with Gasteiger partial charge >= 0.3 is 0 Å². The molecule has 0 saturated heterocycles. The quantitative estimate of drug-likeness (QED) is 0.825. The van der Waals surface area contributed by atoms with Crippen molar-refractivity contribution in [3.05, 3.63) is 34.9 Å². The van der Waals surface area contributed by atoms with E-state index in [1.807, 2.05) is 24.3 Å². The Balaban J connectivity index is 2.01. The van der Waals surface area contributed by atoms with Crippen molar-refractivity contribution in [2.75, 3.05) is 6.54 Å². The first-order valence-corrected chi connectivity index (χ1v) is 5.44. The van der Waals surface area contributed by atoms with Gasteiger partial charge in [-0.2, -0.15) is 5.10 Å². The van der Waals surface area contributed by atoms with Gasteiger partial charge in [-0.15, -0.1) is 0 Å². The molecule has 1 aromatic carbocycles. The van der Waals surface area contributed by atoms with Crippen LogP contribution in [0.1, 0.15) is 24.4 Å². The van der Waals surface area contributed by atoms with Crippen LogP contribution in [0.2, 0.25) is 5.02 Å². The van der Waals surface area contributed by atoms with Crippen molar-refractivity contribution >= 4 is 17.3 Å². The standard InChI is InChI=1S/C11H14ClN3/c12-9-3-1-8(2-4-9)11-7-10(5-6-13)14-15-11/h1-4,11,15H,5-7,13H2. The molecule has 2 rings (SSSR count). The van der Waals surface area contributed by atoms with Crippen molar-refractivity contribution in [2.24, 2.45) is 10.8 Å². The third kappa shape index (κ3) is 2.49. The first-order valence-electron chi connectivity index (χ1n) is 5.06. The molecule has 4 heteroatoms. The molecular weight excluding hydrogens is 210 g/mol. The summed E-state index contributed by atoms with van der Waals surface area (Å²) in [5.74, 6) is 0. The van der Waals surface area contributed by atoms with Gasteiger partial charge in [0.05, 0.1) is 6.04 Å². The number of nitrogens with zero attached hydrogens (tertiary/aromatic N) is 1. The molecule has 0 aliphatic carbocycles. The van der Waals surface area contributed by atoms with Crippen LogP contribution in [0.4, 0.5) is 0 Å². The van der Waals surface area contributed by atoms with Gasteiger partial charge in [0.25, 0.3) is 0 Å². The van der Waals surface area contributed by atoms with Gasteiger partial charge in [0, 0.05) is 17.2 Å². The predicted octanol–water partition coefficient (Wildman–Crippen LogP) is 2.08. The molecule has 3 nitrogen and oxygen atoms in total. The van der Waals surface area contributed by atoms with Crippen molar-refractivity contribution in [3.8, 4) is 0 Å². The van der Waals surface area contributed by atoms with E-state index in [0.717, 1.165) is 23.6 Å². The second kappa shape index (κ2) is 4.64. The summed E-state index contributed by atoms with van der Waals surface area (Å²) in [5, 5.41) is 5.02. The lowest BCUT2D eigenvalue weighted by molar-refractivity contribution is 0.620. The highest BCUT2D eigenvalue weighted by Crippen LogP contribution is 2.23. The smallest absolute Gasteiger partial charge is 0.0742 e. The molecule has 0 bridgehead atoms. The average molecular weight is 224 g/mol. The van der Waals surface area contributed by atoms with Crippen molar-refractivity contribution in [1.29, 1.82) is 0 Å². The van der Waals surface area contributed by atoms with Gasteiger partial charge in [0.2, 0.25) is 0 Å². The molecule has 1 aliphatic heterocycles. The van der Waals surface area contributed by atoms with Crippen molar-refractivity contribution in [1.82, 2.24) is 5.43 Å². The summed E-state index contributed by atoms with van der Waals surface area (Å²) in [7, 11) is 0. The molecule has 1 atom stereocenters. The SMILES string of the molecule is NCCC1=NNC(c2ccc(Cl)cc2)C1. The highest BCUT2D eigenvalue weighted by Gasteiger charge is 2.18. The van der Waals surface area contributed by atoms with Crippen LogP contribution in [-0.2, 0) is 0 Å². The lowest BCUT2D eigenvalue weighted by Gasteiger charge is -2.09. The minimum absolute atomic E-state index is 0.281. The summed E-state index contributed by atoms with van der Waals surface area (Å²) >= 11 is 5.83. The number of nitrogens with one attached hydrogen (secondary N) is 1. The molecule has 1 heterocycles. The monoisotopic (exact) mass is 223 g/mol. The first kappa shape index (κ1) is 10.5. The summed E-state index contributed by atoms with van der Waals surface area (Å²) in [6, 6.07) is 8.14. The topological polar surface area (TPSA) is 50.4 Å². The fourth-order valence-electron chi connectivity index (χ4n) is 1.71. The van der Waals surface area contributed by atoms with Crippen LogP contribution >= 0.6 is 11.6 Å². The van der Waals surface area contributed by atoms with Crippen LogP contribution in [0.15, 0.2) is 29.4 Å². The van der Waals surface area contributed by atoms with Gasteiger partial charge in [-0.3, -0.25) is 0 Å². The maximum Gasteiger partial charge on any atom is 0.0742 e. The number of halogens is 1. The first-order chi connectivity index (χ1) is 7.29. The van der Waals surface area contributed by atoms with Gasteiger partial charge in [0.15, 0.2) is 0 Å². The van der Waals surface area contributed by atoms with E-state index in [1.54, 1.807) is 0 Å². The summed E-state index contributed by atoms with van der Waals surface area (Å²) in [6.07, 6.45) is 1.82. The summed E-state index contributed by atoms with van der Waals surface area (Å²) in [6.45, 7) is 0.661. The Labute approximate surface area is 94.3 Å². The Hall–Kier alpha value is -1.06. The van der Waals surface area contributed by atoms with E-state index in [9.17, 15) is 0 Å². The van der Waals surface area contributed by atoms with Crippen LogP contribution < -0.4 is 11.2 Å². The molecule has 1 aromatic rings. The van der Waals surface area contributed by atoms with E-state index in [0.29, 0.717) is 6.54 Å². The highest BCUT2D eigenvalue weighted by atomic mass is 35.5. The number of rotatable bonds is 3. The number of benzene rings is 1. The summed E-state index contributed by atoms with van der Waals surface area (Å²) in [4.78, 5) is 0. The minimum Gasteiger partial charge on any atom is -0.330 e. The second-order valence-corrected chi connectivity index (χ2v) is 4.09. The van der Waals surface area contributed by atoms with Crippen LogP contribution in [0, 0.1) is 0 Å². The molecule has 0 amide bonds. The molecule has 15 heavy (non-hydrogen) atoms. The number of hydrogen-bond donors (Lipinski definition) is 2. The normalized spacial score (nSPS) is 19.9. The molecule has 1 aliphatic rings. The maximum absolute atomic E-state index is 5.83. The van der Waals surface area contributed by atoms with E-state index in [-0.39, 0.29) is 6.04 Å². The number of hydrogen-bond acceptors (Lipinski definition) is 3. The molecule has 0 radical (unpaired) electrons. The van der Waals surface area contributed by atoms with Crippen LogP contribution in [0.3, 0.4) is 0 Å². The lowest BCUT2D eigenvalue weighted by atomic mass is 10.0. The Bertz CT molecular complexity index is 359. The zero-order chi connectivity index (χ0) is 10.7. The Morgan fingerprint density at radius 1 is 1.40 bits per heavy atom. The third-order valence-corrected chi connectivity index (χ3v) is 2.78. The largest absolute Gasteiger partial charge is 0.330 e. The predicted molar refractivity (Wildman–Crippen MR) is 63.1 cm³/mol. The van der Waals surface area contributed by atoms with Crippen molar-refractivity contribution in [2.45, 2.75) is 18.9 Å². The van der Waals surface area contributed by atoms with Gasteiger partial charge in [-0.1, -0.05) is 23.7 Å².